The second-order valence-corrected chi connectivity index (χ2v) is 4.18. The Morgan fingerprint density at radius 1 is 1.00 bits per heavy atom. The molecule has 0 aromatic heterocycles. The fourth-order valence-corrected chi connectivity index (χ4v) is 2.26. The van der Waals surface area contributed by atoms with E-state index in [2.05, 4.69) is 5.32 Å². The fraction of sp³-hybridized carbons (Fsp3) is 1.00. The van der Waals surface area contributed by atoms with Gasteiger partial charge in [-0.2, -0.15) is 0 Å². The van der Waals surface area contributed by atoms with Gasteiger partial charge in [0.1, 0.15) is 0 Å². The Bertz CT molecular complexity index is 112. The monoisotopic (exact) mass is 153 g/mol. The van der Waals surface area contributed by atoms with Crippen LogP contribution in [0.25, 0.3) is 0 Å². The van der Waals surface area contributed by atoms with Crippen molar-refractivity contribution >= 4 is 0 Å². The third-order valence-electron chi connectivity index (χ3n) is 3.25. The molecule has 1 aliphatic carbocycles. The summed E-state index contributed by atoms with van der Waals surface area (Å²) < 4.78 is 0. The van der Waals surface area contributed by atoms with Gasteiger partial charge < -0.3 is 5.32 Å². The molecule has 0 aromatic carbocycles. The molecule has 2 aliphatic rings. The fourth-order valence-electron chi connectivity index (χ4n) is 2.26. The average Bonchev–Trinajstić information content (AvgIpc) is 1.99. The van der Waals surface area contributed by atoms with E-state index in [-0.39, 0.29) is 0 Å². The minimum Gasteiger partial charge on any atom is -0.314 e. The van der Waals surface area contributed by atoms with Crippen LogP contribution in [0.2, 0.25) is 0 Å². The van der Waals surface area contributed by atoms with Gasteiger partial charge in [-0.15, -0.1) is 0 Å². The van der Waals surface area contributed by atoms with E-state index in [1.807, 2.05) is 0 Å². The van der Waals surface area contributed by atoms with E-state index < -0.39 is 0 Å². The van der Waals surface area contributed by atoms with Crippen molar-refractivity contribution in [2.45, 2.75) is 51.0 Å². The van der Waals surface area contributed by atoms with E-state index in [9.17, 15) is 0 Å². The highest BCUT2D eigenvalue weighted by Gasteiger charge is 2.22. The molecule has 1 atom stereocenters. The molecule has 1 heteroatoms. The lowest BCUT2D eigenvalue weighted by Crippen LogP contribution is -2.36. The Hall–Kier alpha value is -0.0400. The molecule has 0 unspecified atom stereocenters. The zero-order valence-electron chi connectivity index (χ0n) is 7.31. The van der Waals surface area contributed by atoms with Crippen LogP contribution in [0.1, 0.15) is 44.9 Å². The summed E-state index contributed by atoms with van der Waals surface area (Å²) in [6.07, 6.45) is 10.3. The Labute approximate surface area is 69.6 Å². The topological polar surface area (TPSA) is 12.0 Å². The molecule has 2 fully saturated rings. The van der Waals surface area contributed by atoms with Crippen LogP contribution >= 0.6 is 0 Å². The smallest absolute Gasteiger partial charge is 0.00697 e. The third kappa shape index (κ3) is 1.96. The highest BCUT2D eigenvalue weighted by atomic mass is 14.9. The highest BCUT2D eigenvalue weighted by Crippen LogP contribution is 2.31. The maximum Gasteiger partial charge on any atom is 0.00697 e. The molecule has 0 aromatic rings. The van der Waals surface area contributed by atoms with Crippen molar-refractivity contribution in [3.05, 3.63) is 0 Å². The standard InChI is InChI=1S/C10H19N/c1-2-7-11-10(6-1)8-9-4-3-5-9/h9-11H,1-8H2/t10-/m1/s1. The van der Waals surface area contributed by atoms with E-state index in [1.165, 1.54) is 51.5 Å². The summed E-state index contributed by atoms with van der Waals surface area (Å²) in [6.45, 7) is 1.28. The Kier molecular flexibility index (Phi) is 2.47. The molecule has 1 N–H and O–H groups in total. The van der Waals surface area contributed by atoms with Crippen LogP contribution < -0.4 is 5.32 Å². The maximum absolute atomic E-state index is 3.62. The van der Waals surface area contributed by atoms with Crippen molar-refractivity contribution in [1.82, 2.24) is 5.32 Å². The van der Waals surface area contributed by atoms with Crippen LogP contribution in [-0.2, 0) is 0 Å². The highest BCUT2D eigenvalue weighted by molar-refractivity contribution is 4.79. The minimum atomic E-state index is 0.883. The van der Waals surface area contributed by atoms with Gasteiger partial charge >= 0.3 is 0 Å². The van der Waals surface area contributed by atoms with Gasteiger partial charge in [0.15, 0.2) is 0 Å². The summed E-state index contributed by atoms with van der Waals surface area (Å²) in [6, 6.07) is 0.883. The molecule has 1 saturated heterocycles. The predicted molar refractivity (Wildman–Crippen MR) is 47.6 cm³/mol. The van der Waals surface area contributed by atoms with Crippen molar-refractivity contribution in [2.75, 3.05) is 6.54 Å². The van der Waals surface area contributed by atoms with Crippen LogP contribution in [0.15, 0.2) is 0 Å². The van der Waals surface area contributed by atoms with E-state index >= 15 is 0 Å². The van der Waals surface area contributed by atoms with Crippen LogP contribution in [-0.4, -0.2) is 12.6 Å². The summed E-state index contributed by atoms with van der Waals surface area (Å²) >= 11 is 0. The van der Waals surface area contributed by atoms with Crippen LogP contribution in [0, 0.1) is 5.92 Å². The average molecular weight is 153 g/mol. The molecule has 0 radical (unpaired) electrons. The minimum absolute atomic E-state index is 0.883. The van der Waals surface area contributed by atoms with Crippen LogP contribution in [0.5, 0.6) is 0 Å². The second-order valence-electron chi connectivity index (χ2n) is 4.18. The molecule has 0 bridgehead atoms. The van der Waals surface area contributed by atoms with E-state index in [1.54, 1.807) is 0 Å². The number of nitrogens with one attached hydrogen (secondary N) is 1. The molecular weight excluding hydrogens is 134 g/mol. The molecule has 1 aliphatic heterocycles. The van der Waals surface area contributed by atoms with Crippen molar-refractivity contribution < 1.29 is 0 Å². The molecule has 1 heterocycles. The normalized spacial score (nSPS) is 33.3. The lowest BCUT2D eigenvalue weighted by molar-refractivity contribution is 0.240. The predicted octanol–water partition coefficient (Wildman–Crippen LogP) is 2.32. The molecule has 1 nitrogen and oxygen atoms in total. The van der Waals surface area contributed by atoms with E-state index in [4.69, 9.17) is 0 Å². The summed E-state index contributed by atoms with van der Waals surface area (Å²) in [5, 5.41) is 3.62. The zero-order valence-corrected chi connectivity index (χ0v) is 7.31. The molecule has 0 amide bonds. The first kappa shape index (κ1) is 7.60. The van der Waals surface area contributed by atoms with Gasteiger partial charge in [0.2, 0.25) is 0 Å². The SMILES string of the molecule is C1CC[C@H](CC2CCC2)NC1. The van der Waals surface area contributed by atoms with Crippen molar-refractivity contribution in [3.8, 4) is 0 Å². The second kappa shape index (κ2) is 3.57. The van der Waals surface area contributed by atoms with Gasteiger partial charge in [0, 0.05) is 6.04 Å². The first-order valence-electron chi connectivity index (χ1n) is 5.18. The van der Waals surface area contributed by atoms with Crippen molar-refractivity contribution in [3.63, 3.8) is 0 Å². The zero-order chi connectivity index (χ0) is 7.52. The summed E-state index contributed by atoms with van der Waals surface area (Å²) in [7, 11) is 0. The van der Waals surface area contributed by atoms with Crippen LogP contribution in [0.3, 0.4) is 0 Å². The first-order chi connectivity index (χ1) is 5.45. The molecule has 64 valence electrons. The molecular formula is C10H19N. The quantitative estimate of drug-likeness (QED) is 0.642. The lowest BCUT2D eigenvalue weighted by Gasteiger charge is -2.32. The Morgan fingerprint density at radius 2 is 1.91 bits per heavy atom. The van der Waals surface area contributed by atoms with Gasteiger partial charge in [-0.25, -0.2) is 0 Å². The first-order valence-corrected chi connectivity index (χ1v) is 5.18. The molecule has 1 saturated carbocycles. The maximum atomic E-state index is 3.62. The summed E-state index contributed by atoms with van der Waals surface area (Å²) in [5.74, 6) is 1.09. The Morgan fingerprint density at radius 3 is 2.45 bits per heavy atom. The molecule has 2 rings (SSSR count). The van der Waals surface area contributed by atoms with Crippen LogP contribution in [0.4, 0.5) is 0 Å². The van der Waals surface area contributed by atoms with Gasteiger partial charge in [-0.1, -0.05) is 25.7 Å². The van der Waals surface area contributed by atoms with E-state index in [0.717, 1.165) is 12.0 Å². The molecule has 11 heavy (non-hydrogen) atoms. The van der Waals surface area contributed by atoms with Gasteiger partial charge in [0.05, 0.1) is 0 Å². The number of hydrogen-bond acceptors (Lipinski definition) is 1. The number of hydrogen-bond donors (Lipinski definition) is 1. The van der Waals surface area contributed by atoms with Gasteiger partial charge in [-0.3, -0.25) is 0 Å². The number of piperidine rings is 1. The van der Waals surface area contributed by atoms with Gasteiger partial charge in [-0.05, 0) is 31.7 Å². The van der Waals surface area contributed by atoms with Crippen molar-refractivity contribution in [1.29, 1.82) is 0 Å². The Balaban J connectivity index is 1.67. The van der Waals surface area contributed by atoms with Crippen molar-refractivity contribution in [2.24, 2.45) is 5.92 Å². The van der Waals surface area contributed by atoms with E-state index in [0.29, 0.717) is 0 Å². The summed E-state index contributed by atoms with van der Waals surface area (Å²) in [5.41, 5.74) is 0. The summed E-state index contributed by atoms with van der Waals surface area (Å²) in [4.78, 5) is 0. The third-order valence-corrected chi connectivity index (χ3v) is 3.25. The number of rotatable bonds is 2. The molecule has 0 spiro atoms. The lowest BCUT2D eigenvalue weighted by atomic mass is 9.79. The largest absolute Gasteiger partial charge is 0.314 e. The van der Waals surface area contributed by atoms with Gasteiger partial charge in [0.25, 0.3) is 0 Å².